The van der Waals surface area contributed by atoms with Gasteiger partial charge in [0.1, 0.15) is 5.78 Å². The average Bonchev–Trinajstić information content (AvgIpc) is 2.84. The van der Waals surface area contributed by atoms with Crippen molar-refractivity contribution in [1.82, 2.24) is 0 Å². The van der Waals surface area contributed by atoms with Crippen LogP contribution < -0.4 is 5.73 Å². The maximum absolute atomic E-state index is 12.5. The Kier molecular flexibility index (Phi) is 26.2. The lowest BCUT2D eigenvalue weighted by Crippen LogP contribution is -2.33. The highest BCUT2D eigenvalue weighted by Crippen LogP contribution is 2.19. The van der Waals surface area contributed by atoms with Gasteiger partial charge in [-0.3, -0.25) is 4.79 Å². The molecule has 5 nitrogen and oxygen atoms in total. The van der Waals surface area contributed by atoms with E-state index >= 15 is 0 Å². The molecule has 0 amide bonds. The fraction of sp³-hybridized carbons (Fsp3) is 0.967. The number of aliphatic hydroxyl groups excluding tert-OH is 3. The predicted octanol–water partition coefficient (Wildman–Crippen LogP) is 6.84. The first-order chi connectivity index (χ1) is 17.1. The molecule has 0 aliphatic carbocycles. The summed E-state index contributed by atoms with van der Waals surface area (Å²) in [6.07, 6.45) is 24.1. The smallest absolute Gasteiger partial charge is 0.143 e. The Morgan fingerprint density at radius 2 is 1.03 bits per heavy atom. The van der Waals surface area contributed by atoms with Crippen LogP contribution in [-0.2, 0) is 4.79 Å². The van der Waals surface area contributed by atoms with Gasteiger partial charge >= 0.3 is 0 Å². The highest BCUT2D eigenvalue weighted by Gasteiger charge is 2.27. The lowest BCUT2D eigenvalue weighted by atomic mass is 9.90. The molecule has 0 aromatic rings. The number of hydrogen-bond donors (Lipinski definition) is 4. The van der Waals surface area contributed by atoms with Gasteiger partial charge in [0, 0.05) is 6.42 Å². The predicted molar refractivity (Wildman–Crippen MR) is 149 cm³/mol. The summed E-state index contributed by atoms with van der Waals surface area (Å²) >= 11 is 0. The van der Waals surface area contributed by atoms with Crippen LogP contribution in [0.2, 0.25) is 0 Å². The van der Waals surface area contributed by atoms with Gasteiger partial charge in [-0.25, -0.2) is 0 Å². The van der Waals surface area contributed by atoms with Gasteiger partial charge in [-0.15, -0.1) is 0 Å². The van der Waals surface area contributed by atoms with Crippen molar-refractivity contribution in [3.05, 3.63) is 0 Å². The summed E-state index contributed by atoms with van der Waals surface area (Å²) in [5.74, 6) is -0.955. The molecular formula is C30H61NO4. The molecule has 35 heavy (non-hydrogen) atoms. The molecule has 210 valence electrons. The lowest BCUT2D eigenvalue weighted by Gasteiger charge is -2.21. The van der Waals surface area contributed by atoms with Crippen LogP contribution in [-0.4, -0.2) is 46.5 Å². The molecule has 5 heteroatoms. The number of unbranched alkanes of at least 4 members (excludes halogenated alkanes) is 18. The Hall–Kier alpha value is -0.490. The van der Waals surface area contributed by atoms with E-state index < -0.39 is 18.1 Å². The molecule has 0 aliphatic heterocycles. The van der Waals surface area contributed by atoms with Crippen LogP contribution in [0, 0.1) is 5.92 Å². The number of hydrogen-bond acceptors (Lipinski definition) is 5. The summed E-state index contributed by atoms with van der Waals surface area (Å²) in [5, 5.41) is 30.3. The molecule has 0 radical (unpaired) electrons. The number of carbonyl (C=O) groups is 1. The van der Waals surface area contributed by atoms with Crippen molar-refractivity contribution in [3.8, 4) is 0 Å². The van der Waals surface area contributed by atoms with Crippen molar-refractivity contribution >= 4 is 5.78 Å². The highest BCUT2D eigenvalue weighted by atomic mass is 16.3. The van der Waals surface area contributed by atoms with Gasteiger partial charge in [0.05, 0.1) is 24.7 Å². The zero-order valence-electron chi connectivity index (χ0n) is 23.2. The molecule has 0 fully saturated rings. The number of ketones is 1. The molecule has 0 saturated heterocycles. The second-order valence-electron chi connectivity index (χ2n) is 10.8. The molecule has 0 spiro atoms. The summed E-state index contributed by atoms with van der Waals surface area (Å²) in [7, 11) is 0. The zero-order chi connectivity index (χ0) is 26.0. The van der Waals surface area contributed by atoms with Crippen LogP contribution >= 0.6 is 0 Å². The van der Waals surface area contributed by atoms with Crippen molar-refractivity contribution in [2.75, 3.05) is 13.2 Å². The van der Waals surface area contributed by atoms with Crippen molar-refractivity contribution in [2.24, 2.45) is 11.7 Å². The maximum Gasteiger partial charge on any atom is 0.143 e. The second kappa shape index (κ2) is 26.6. The molecule has 0 rings (SSSR count). The first kappa shape index (κ1) is 34.5. The van der Waals surface area contributed by atoms with E-state index in [1.807, 2.05) is 0 Å². The fourth-order valence-electron chi connectivity index (χ4n) is 4.90. The van der Waals surface area contributed by atoms with E-state index in [1.54, 1.807) is 0 Å². The first-order valence-electron chi connectivity index (χ1n) is 15.3. The Morgan fingerprint density at radius 3 is 1.46 bits per heavy atom. The summed E-state index contributed by atoms with van der Waals surface area (Å²) in [5.41, 5.74) is 5.51. The van der Waals surface area contributed by atoms with Crippen molar-refractivity contribution < 1.29 is 20.1 Å². The quantitative estimate of drug-likeness (QED) is 0.0883. The molecular weight excluding hydrogens is 438 g/mol. The first-order valence-corrected chi connectivity index (χ1v) is 15.3. The van der Waals surface area contributed by atoms with Gasteiger partial charge in [0.15, 0.2) is 0 Å². The summed E-state index contributed by atoms with van der Waals surface area (Å²) in [6, 6.07) is 0. The zero-order valence-corrected chi connectivity index (χ0v) is 23.2. The van der Waals surface area contributed by atoms with E-state index in [0.717, 1.165) is 38.6 Å². The Balaban J connectivity index is 3.71. The molecule has 0 saturated carbocycles. The standard InChI is InChI=1S/C30H61NO4/c1-2-3-4-5-13-16-19-22-27(33)25-30(35)28(26-32)29(34)23-20-17-14-11-9-7-6-8-10-12-15-18-21-24-31/h27-29,32-34H,2-26,31H2,1H3/t27-,28+,29?/m1/s1. The third-order valence-corrected chi connectivity index (χ3v) is 7.36. The van der Waals surface area contributed by atoms with E-state index in [-0.39, 0.29) is 18.8 Å². The van der Waals surface area contributed by atoms with Crippen LogP contribution in [0.4, 0.5) is 0 Å². The minimum absolute atomic E-state index is 0.0474. The average molecular weight is 500 g/mol. The second-order valence-corrected chi connectivity index (χ2v) is 10.8. The van der Waals surface area contributed by atoms with E-state index in [2.05, 4.69) is 6.92 Å². The van der Waals surface area contributed by atoms with E-state index in [1.165, 1.54) is 96.3 Å². The minimum atomic E-state index is -0.803. The Morgan fingerprint density at radius 1 is 0.629 bits per heavy atom. The summed E-state index contributed by atoms with van der Waals surface area (Å²) in [4.78, 5) is 12.5. The largest absolute Gasteiger partial charge is 0.396 e. The number of nitrogens with two attached hydrogens (primary N) is 1. The molecule has 5 N–H and O–H groups in total. The van der Waals surface area contributed by atoms with Gasteiger partial charge < -0.3 is 21.1 Å². The topological polar surface area (TPSA) is 104 Å². The number of carbonyl (C=O) groups excluding carboxylic acids is 1. The van der Waals surface area contributed by atoms with Crippen LogP contribution in [0.3, 0.4) is 0 Å². The minimum Gasteiger partial charge on any atom is -0.396 e. The Labute approximate surface area is 217 Å². The third kappa shape index (κ3) is 22.4. The lowest BCUT2D eigenvalue weighted by molar-refractivity contribution is -0.130. The van der Waals surface area contributed by atoms with E-state index in [4.69, 9.17) is 5.73 Å². The van der Waals surface area contributed by atoms with Gasteiger partial charge in [0.2, 0.25) is 0 Å². The molecule has 0 heterocycles. The fourth-order valence-corrected chi connectivity index (χ4v) is 4.90. The normalized spacial score (nSPS) is 14.2. The Bertz CT molecular complexity index is 446. The van der Waals surface area contributed by atoms with E-state index in [9.17, 15) is 20.1 Å². The third-order valence-electron chi connectivity index (χ3n) is 7.36. The summed E-state index contributed by atoms with van der Waals surface area (Å²) < 4.78 is 0. The monoisotopic (exact) mass is 499 g/mol. The molecule has 0 aliphatic rings. The van der Waals surface area contributed by atoms with Crippen LogP contribution in [0.25, 0.3) is 0 Å². The SMILES string of the molecule is CCCCCCCCC[C@@H](O)CC(=O)[C@@H](CO)C(O)CCCCCCCCCCCCCCCN. The molecule has 3 atom stereocenters. The molecule has 0 aromatic heterocycles. The van der Waals surface area contributed by atoms with Crippen molar-refractivity contribution in [3.63, 3.8) is 0 Å². The van der Waals surface area contributed by atoms with Crippen LogP contribution in [0.1, 0.15) is 155 Å². The van der Waals surface area contributed by atoms with Crippen molar-refractivity contribution in [1.29, 1.82) is 0 Å². The van der Waals surface area contributed by atoms with Gasteiger partial charge in [0.25, 0.3) is 0 Å². The highest BCUT2D eigenvalue weighted by molar-refractivity contribution is 5.82. The van der Waals surface area contributed by atoms with Crippen molar-refractivity contribution in [2.45, 2.75) is 167 Å². The number of rotatable bonds is 28. The molecule has 0 bridgehead atoms. The van der Waals surface area contributed by atoms with Gasteiger partial charge in [-0.05, 0) is 25.8 Å². The van der Waals surface area contributed by atoms with Crippen LogP contribution in [0.5, 0.6) is 0 Å². The molecule has 1 unspecified atom stereocenters. The summed E-state index contributed by atoms with van der Waals surface area (Å²) in [6.45, 7) is 2.70. The maximum atomic E-state index is 12.5. The molecule has 0 aromatic carbocycles. The van der Waals surface area contributed by atoms with Gasteiger partial charge in [-0.2, -0.15) is 0 Å². The number of aliphatic hydroxyl groups is 3. The van der Waals surface area contributed by atoms with Gasteiger partial charge in [-0.1, -0.05) is 129 Å². The number of Topliss-reactive ketones (excluding diaryl/α,β-unsaturated/α-hetero) is 1. The van der Waals surface area contributed by atoms with Crippen LogP contribution in [0.15, 0.2) is 0 Å². The van der Waals surface area contributed by atoms with E-state index in [0.29, 0.717) is 12.8 Å².